The Morgan fingerprint density at radius 3 is 2.55 bits per heavy atom. The van der Waals surface area contributed by atoms with Crippen LogP contribution in [0, 0.1) is 12.7 Å². The SMILES string of the molecule is Cc1nc2cc3nn2c(c1C(OC(C)(C)C)C(=O)O)N1CCC(C)(CC1)OCCCCC(c1ccccc1)Oc1ccc(F)cc1COC3. The summed E-state index contributed by atoms with van der Waals surface area (Å²) in [5.41, 5.74) is 2.83. The first-order chi connectivity index (χ1) is 23.4. The summed E-state index contributed by atoms with van der Waals surface area (Å²) < 4.78 is 41.6. The fourth-order valence-electron chi connectivity index (χ4n) is 6.67. The number of benzene rings is 2. The molecule has 1 fully saturated rings. The molecule has 3 aliphatic heterocycles. The predicted octanol–water partition coefficient (Wildman–Crippen LogP) is 7.51. The van der Waals surface area contributed by atoms with Gasteiger partial charge in [0.15, 0.2) is 11.8 Å². The van der Waals surface area contributed by atoms with Gasteiger partial charge in [0.1, 0.15) is 23.5 Å². The number of aromatic nitrogens is 3. The second-order valence-corrected chi connectivity index (χ2v) is 14.3. The Bertz CT molecular complexity index is 1760. The van der Waals surface area contributed by atoms with Crippen LogP contribution >= 0.6 is 0 Å². The maximum absolute atomic E-state index is 14.5. The molecule has 0 aliphatic carbocycles. The second kappa shape index (κ2) is 14.4. The number of aliphatic carboxylic acids is 1. The Morgan fingerprint density at radius 2 is 1.84 bits per heavy atom. The van der Waals surface area contributed by atoms with Crippen molar-refractivity contribution in [3.05, 3.63) is 88.5 Å². The van der Waals surface area contributed by atoms with Crippen molar-refractivity contribution in [3.8, 4) is 5.75 Å². The lowest BCUT2D eigenvalue weighted by atomic mass is 9.92. The van der Waals surface area contributed by atoms with Crippen LogP contribution in [0.1, 0.15) is 100 Å². The molecule has 0 saturated carbocycles. The predicted molar refractivity (Wildman–Crippen MR) is 183 cm³/mol. The molecule has 0 radical (unpaired) electrons. The molecule has 7 rings (SSSR count). The molecule has 4 aromatic rings. The van der Waals surface area contributed by atoms with Gasteiger partial charge in [0, 0.05) is 37.0 Å². The van der Waals surface area contributed by atoms with Gasteiger partial charge in [-0.25, -0.2) is 14.2 Å². The quantitative estimate of drug-likeness (QED) is 0.235. The maximum Gasteiger partial charge on any atom is 0.337 e. The van der Waals surface area contributed by atoms with E-state index in [1.807, 2.05) is 52.0 Å². The molecule has 49 heavy (non-hydrogen) atoms. The van der Waals surface area contributed by atoms with Crippen LogP contribution in [0.4, 0.5) is 10.2 Å². The van der Waals surface area contributed by atoms with E-state index >= 15 is 0 Å². The molecule has 0 spiro atoms. The summed E-state index contributed by atoms with van der Waals surface area (Å²) in [4.78, 5) is 19.7. The highest BCUT2D eigenvalue weighted by molar-refractivity contribution is 5.78. The highest BCUT2D eigenvalue weighted by atomic mass is 19.1. The zero-order valence-corrected chi connectivity index (χ0v) is 29.1. The first-order valence-electron chi connectivity index (χ1n) is 17.2. The van der Waals surface area contributed by atoms with E-state index < -0.39 is 17.7 Å². The molecule has 3 aliphatic rings. The minimum absolute atomic E-state index is 0.103. The number of carbonyl (C=O) groups is 1. The molecule has 2 unspecified atom stereocenters. The number of carboxylic acids is 1. The lowest BCUT2D eigenvalue weighted by Crippen LogP contribution is -2.46. The molecule has 262 valence electrons. The molecule has 10 nitrogen and oxygen atoms in total. The number of piperidine rings is 1. The number of aryl methyl sites for hydroxylation is 1. The summed E-state index contributed by atoms with van der Waals surface area (Å²) in [6.45, 7) is 11.6. The van der Waals surface area contributed by atoms with Crippen LogP contribution in [0.5, 0.6) is 5.75 Å². The third kappa shape index (κ3) is 8.22. The summed E-state index contributed by atoms with van der Waals surface area (Å²) in [5, 5.41) is 15.3. The van der Waals surface area contributed by atoms with Crippen molar-refractivity contribution in [2.75, 3.05) is 24.6 Å². The molecule has 4 bridgehead atoms. The minimum Gasteiger partial charge on any atom is -0.485 e. The first-order valence-corrected chi connectivity index (χ1v) is 17.2. The standard InChI is InChI=1S/C38H47FN4O6/c1-25-33(34(36(44)45)49-37(2,3)4)35-42-18-16-38(5,17-19-42)47-20-10-9-13-30(26-11-7-6-8-12-26)48-31-15-14-28(39)21-27(31)23-46-24-29-22-32(40-25)43(35)41-29/h6-8,11-12,14-15,21-22,30,34H,9-10,13,16-20,23-24H2,1-5H3,(H,44,45). The number of halogens is 1. The van der Waals surface area contributed by atoms with Gasteiger partial charge in [0.25, 0.3) is 0 Å². The van der Waals surface area contributed by atoms with Crippen molar-refractivity contribution in [3.63, 3.8) is 0 Å². The molecular formula is C38H47FN4O6. The number of nitrogens with zero attached hydrogens (tertiary/aromatic N) is 4. The number of ether oxygens (including phenoxy) is 4. The van der Waals surface area contributed by atoms with E-state index in [1.165, 1.54) is 12.1 Å². The molecule has 2 aromatic heterocycles. The minimum atomic E-state index is -1.25. The lowest BCUT2D eigenvalue weighted by molar-refractivity contribution is -0.160. The highest BCUT2D eigenvalue weighted by Crippen LogP contribution is 2.38. The van der Waals surface area contributed by atoms with Gasteiger partial charge in [0.05, 0.1) is 35.7 Å². The van der Waals surface area contributed by atoms with Gasteiger partial charge in [-0.15, -0.1) is 0 Å². The smallest absolute Gasteiger partial charge is 0.337 e. The number of hydrogen-bond acceptors (Lipinski definition) is 8. The van der Waals surface area contributed by atoms with Crippen LogP contribution in [0.2, 0.25) is 0 Å². The zero-order valence-electron chi connectivity index (χ0n) is 29.1. The largest absolute Gasteiger partial charge is 0.485 e. The fourth-order valence-corrected chi connectivity index (χ4v) is 6.67. The number of anilines is 1. The summed E-state index contributed by atoms with van der Waals surface area (Å²) in [7, 11) is 0. The van der Waals surface area contributed by atoms with Crippen molar-refractivity contribution in [2.24, 2.45) is 0 Å². The van der Waals surface area contributed by atoms with Crippen molar-refractivity contribution < 1.29 is 33.2 Å². The molecule has 1 saturated heterocycles. The Balaban J connectivity index is 1.38. The molecule has 11 heteroatoms. The zero-order chi connectivity index (χ0) is 34.8. The Hall–Kier alpha value is -4.06. The van der Waals surface area contributed by atoms with Crippen molar-refractivity contribution >= 4 is 17.4 Å². The van der Waals surface area contributed by atoms with E-state index in [9.17, 15) is 14.3 Å². The fraction of sp³-hybridized carbons (Fsp3) is 0.500. The second-order valence-electron chi connectivity index (χ2n) is 14.3. The average molecular weight is 675 g/mol. The van der Waals surface area contributed by atoms with Crippen LogP contribution in [0.3, 0.4) is 0 Å². The van der Waals surface area contributed by atoms with E-state index in [2.05, 4.69) is 24.0 Å². The van der Waals surface area contributed by atoms with Gasteiger partial charge < -0.3 is 29.0 Å². The van der Waals surface area contributed by atoms with Gasteiger partial charge in [0.2, 0.25) is 0 Å². The summed E-state index contributed by atoms with van der Waals surface area (Å²) >= 11 is 0. The monoisotopic (exact) mass is 674 g/mol. The van der Waals surface area contributed by atoms with E-state index in [0.717, 1.165) is 37.7 Å². The highest BCUT2D eigenvalue weighted by Gasteiger charge is 2.38. The van der Waals surface area contributed by atoms with Crippen LogP contribution in [-0.2, 0) is 32.2 Å². The van der Waals surface area contributed by atoms with E-state index in [1.54, 1.807) is 10.6 Å². The summed E-state index contributed by atoms with van der Waals surface area (Å²) in [6.07, 6.45) is 2.57. The third-order valence-corrected chi connectivity index (χ3v) is 9.22. The normalized spacial score (nSPS) is 21.7. The van der Waals surface area contributed by atoms with Crippen molar-refractivity contribution in [2.45, 2.75) is 103 Å². The molecule has 5 heterocycles. The van der Waals surface area contributed by atoms with E-state index in [4.69, 9.17) is 29.0 Å². The van der Waals surface area contributed by atoms with Gasteiger partial charge >= 0.3 is 5.97 Å². The van der Waals surface area contributed by atoms with Gasteiger partial charge in [-0.1, -0.05) is 30.3 Å². The number of hydrogen-bond donors (Lipinski definition) is 1. The molecular weight excluding hydrogens is 627 g/mol. The molecule has 1 N–H and O–H groups in total. The number of carboxylic acid groups (broad SMARTS) is 1. The molecule has 2 aromatic carbocycles. The number of fused-ring (bicyclic) bond motifs is 10. The van der Waals surface area contributed by atoms with Gasteiger partial charge in [-0.2, -0.15) is 9.61 Å². The lowest BCUT2D eigenvalue weighted by Gasteiger charge is -2.41. The van der Waals surface area contributed by atoms with Crippen LogP contribution in [-0.4, -0.2) is 56.6 Å². The maximum atomic E-state index is 14.5. The number of rotatable bonds is 4. The Labute approximate surface area is 287 Å². The summed E-state index contributed by atoms with van der Waals surface area (Å²) in [5.74, 6) is -0.252. The first kappa shape index (κ1) is 34.8. The van der Waals surface area contributed by atoms with Crippen molar-refractivity contribution in [1.29, 1.82) is 0 Å². The Morgan fingerprint density at radius 1 is 1.08 bits per heavy atom. The van der Waals surface area contributed by atoms with Crippen LogP contribution in [0.25, 0.3) is 5.65 Å². The van der Waals surface area contributed by atoms with Crippen LogP contribution in [0.15, 0.2) is 54.6 Å². The molecule has 2 atom stereocenters. The summed E-state index contributed by atoms with van der Waals surface area (Å²) in [6, 6.07) is 16.4. The van der Waals surface area contributed by atoms with Crippen LogP contribution < -0.4 is 9.64 Å². The molecule has 0 amide bonds. The average Bonchev–Trinajstić information content (AvgIpc) is 3.45. The Kier molecular flexibility index (Phi) is 10.2. The van der Waals surface area contributed by atoms with E-state index in [-0.39, 0.29) is 30.7 Å². The van der Waals surface area contributed by atoms with E-state index in [0.29, 0.717) is 59.4 Å². The topological polar surface area (TPSA) is 108 Å². The van der Waals surface area contributed by atoms with Crippen molar-refractivity contribution in [1.82, 2.24) is 14.6 Å². The third-order valence-electron chi connectivity index (χ3n) is 9.22. The van der Waals surface area contributed by atoms with Gasteiger partial charge in [-0.3, -0.25) is 0 Å². The van der Waals surface area contributed by atoms with Gasteiger partial charge in [-0.05, 0) is 90.5 Å².